The molecule has 4 nitrogen and oxygen atoms in total. The van der Waals surface area contributed by atoms with Crippen molar-refractivity contribution in [1.82, 2.24) is 10.3 Å². The maximum atomic E-state index is 12.3. The number of nitrogens with one attached hydrogen (secondary N) is 1. The molecule has 0 atom stereocenters. The fourth-order valence-corrected chi connectivity index (χ4v) is 2.75. The van der Waals surface area contributed by atoms with Crippen LogP contribution in [0.2, 0.25) is 0 Å². The van der Waals surface area contributed by atoms with Crippen LogP contribution in [0, 0.1) is 0 Å². The third kappa shape index (κ3) is 4.48. The van der Waals surface area contributed by atoms with Crippen molar-refractivity contribution in [2.45, 2.75) is 19.9 Å². The lowest BCUT2D eigenvalue weighted by Crippen LogP contribution is -2.25. The summed E-state index contributed by atoms with van der Waals surface area (Å²) in [6.45, 7) is 3.39. The zero-order valence-corrected chi connectivity index (χ0v) is 14.9. The van der Waals surface area contributed by atoms with Gasteiger partial charge in [0.1, 0.15) is 5.69 Å². The summed E-state index contributed by atoms with van der Waals surface area (Å²) >= 11 is 0. The van der Waals surface area contributed by atoms with Gasteiger partial charge in [-0.1, -0.05) is 55.5 Å². The molecule has 1 aromatic heterocycles. The predicted molar refractivity (Wildman–Crippen MR) is 106 cm³/mol. The third-order valence-corrected chi connectivity index (χ3v) is 4.07. The van der Waals surface area contributed by atoms with Crippen LogP contribution in [-0.2, 0) is 6.54 Å². The molecule has 132 valence electrons. The zero-order chi connectivity index (χ0) is 18.2. The van der Waals surface area contributed by atoms with Crippen molar-refractivity contribution in [3.63, 3.8) is 0 Å². The van der Waals surface area contributed by atoms with Gasteiger partial charge in [0, 0.05) is 30.7 Å². The normalized spacial score (nSPS) is 10.3. The van der Waals surface area contributed by atoms with Crippen LogP contribution in [0.4, 0.5) is 11.4 Å². The number of pyridine rings is 1. The molecule has 0 radical (unpaired) electrons. The van der Waals surface area contributed by atoms with E-state index in [2.05, 4.69) is 39.5 Å². The molecule has 1 N–H and O–H groups in total. The van der Waals surface area contributed by atoms with E-state index in [0.29, 0.717) is 18.8 Å². The average molecular weight is 345 g/mol. The number of amides is 1. The van der Waals surface area contributed by atoms with Crippen molar-refractivity contribution in [2.75, 3.05) is 11.4 Å². The number of carbonyl (C=O) groups is 1. The van der Waals surface area contributed by atoms with E-state index in [1.807, 2.05) is 55.5 Å². The molecule has 3 rings (SSSR count). The Balaban J connectivity index is 1.93. The molecule has 3 aromatic rings. The van der Waals surface area contributed by atoms with Crippen molar-refractivity contribution >= 4 is 17.3 Å². The second kappa shape index (κ2) is 8.81. The standard InChI is InChI=1S/C22H23N3O/c1-2-14-24-22(26)21-16-20(13-15-23-21)25(19-11-7-4-8-12-19)17-18-9-5-3-6-10-18/h3-13,15-16H,2,14,17H2,1H3,(H,24,26). The quantitative estimate of drug-likeness (QED) is 0.683. The lowest BCUT2D eigenvalue weighted by atomic mass is 10.1. The number of aromatic nitrogens is 1. The van der Waals surface area contributed by atoms with E-state index in [9.17, 15) is 4.79 Å². The first-order valence-corrected chi connectivity index (χ1v) is 8.88. The van der Waals surface area contributed by atoms with Crippen LogP contribution in [0.5, 0.6) is 0 Å². The summed E-state index contributed by atoms with van der Waals surface area (Å²) in [6, 6.07) is 24.3. The second-order valence-corrected chi connectivity index (χ2v) is 6.06. The fraction of sp³-hybridized carbons (Fsp3) is 0.182. The van der Waals surface area contributed by atoms with Crippen molar-refractivity contribution in [2.24, 2.45) is 0 Å². The monoisotopic (exact) mass is 345 g/mol. The lowest BCUT2D eigenvalue weighted by Gasteiger charge is -2.25. The summed E-state index contributed by atoms with van der Waals surface area (Å²) in [6.07, 6.45) is 2.59. The number of hydrogen-bond acceptors (Lipinski definition) is 3. The van der Waals surface area contributed by atoms with E-state index in [1.165, 1.54) is 5.56 Å². The lowest BCUT2D eigenvalue weighted by molar-refractivity contribution is 0.0948. The van der Waals surface area contributed by atoms with E-state index in [1.54, 1.807) is 6.20 Å². The Bertz CT molecular complexity index is 834. The first-order valence-electron chi connectivity index (χ1n) is 8.88. The van der Waals surface area contributed by atoms with Gasteiger partial charge in [0.25, 0.3) is 5.91 Å². The molecule has 0 saturated heterocycles. The molecule has 0 bridgehead atoms. The number of nitrogens with zero attached hydrogens (tertiary/aromatic N) is 2. The van der Waals surface area contributed by atoms with Crippen LogP contribution >= 0.6 is 0 Å². The molecule has 0 fully saturated rings. The summed E-state index contributed by atoms with van der Waals surface area (Å²) in [4.78, 5) is 18.7. The summed E-state index contributed by atoms with van der Waals surface area (Å²) in [5.41, 5.74) is 3.65. The van der Waals surface area contributed by atoms with Crippen LogP contribution in [0.15, 0.2) is 79.0 Å². The Kier molecular flexibility index (Phi) is 5.99. The van der Waals surface area contributed by atoms with Gasteiger partial charge >= 0.3 is 0 Å². The second-order valence-electron chi connectivity index (χ2n) is 6.06. The van der Waals surface area contributed by atoms with Gasteiger partial charge in [0.05, 0.1) is 0 Å². The topological polar surface area (TPSA) is 45.2 Å². The Morgan fingerprint density at radius 3 is 2.35 bits per heavy atom. The maximum absolute atomic E-state index is 12.3. The minimum absolute atomic E-state index is 0.138. The first-order chi connectivity index (χ1) is 12.8. The van der Waals surface area contributed by atoms with Crippen molar-refractivity contribution in [3.05, 3.63) is 90.3 Å². The van der Waals surface area contributed by atoms with E-state index in [-0.39, 0.29) is 5.91 Å². The molecule has 0 saturated carbocycles. The highest BCUT2D eigenvalue weighted by Gasteiger charge is 2.13. The molecule has 0 aliphatic carbocycles. The number of anilines is 2. The van der Waals surface area contributed by atoms with Crippen LogP contribution in [0.3, 0.4) is 0 Å². The molecule has 0 aliphatic heterocycles. The van der Waals surface area contributed by atoms with Gasteiger partial charge < -0.3 is 10.2 Å². The molecule has 4 heteroatoms. The number of para-hydroxylation sites is 1. The molecular weight excluding hydrogens is 322 g/mol. The minimum Gasteiger partial charge on any atom is -0.351 e. The number of hydrogen-bond donors (Lipinski definition) is 1. The van der Waals surface area contributed by atoms with E-state index < -0.39 is 0 Å². The first kappa shape index (κ1) is 17.7. The highest BCUT2D eigenvalue weighted by Crippen LogP contribution is 2.27. The average Bonchev–Trinajstić information content (AvgIpc) is 2.71. The zero-order valence-electron chi connectivity index (χ0n) is 14.9. The van der Waals surface area contributed by atoms with E-state index >= 15 is 0 Å². The van der Waals surface area contributed by atoms with Gasteiger partial charge in [-0.15, -0.1) is 0 Å². The Morgan fingerprint density at radius 2 is 1.65 bits per heavy atom. The van der Waals surface area contributed by atoms with Gasteiger partial charge in [0.15, 0.2) is 0 Å². The van der Waals surface area contributed by atoms with Crippen LogP contribution in [0.25, 0.3) is 0 Å². The van der Waals surface area contributed by atoms with Crippen LogP contribution in [-0.4, -0.2) is 17.4 Å². The Hall–Kier alpha value is -3.14. The summed E-state index contributed by atoms with van der Waals surface area (Å²) < 4.78 is 0. The van der Waals surface area contributed by atoms with Gasteiger partial charge in [-0.05, 0) is 36.2 Å². The van der Waals surface area contributed by atoms with Gasteiger partial charge in [-0.3, -0.25) is 9.78 Å². The summed E-state index contributed by atoms with van der Waals surface area (Å²) in [7, 11) is 0. The molecule has 1 heterocycles. The number of benzene rings is 2. The molecule has 0 unspecified atom stereocenters. The smallest absolute Gasteiger partial charge is 0.269 e. The number of carbonyl (C=O) groups excluding carboxylic acids is 1. The van der Waals surface area contributed by atoms with E-state index in [0.717, 1.165) is 17.8 Å². The van der Waals surface area contributed by atoms with Crippen LogP contribution < -0.4 is 10.2 Å². The highest BCUT2D eigenvalue weighted by molar-refractivity contribution is 5.93. The van der Waals surface area contributed by atoms with Crippen molar-refractivity contribution < 1.29 is 4.79 Å². The maximum Gasteiger partial charge on any atom is 0.269 e. The van der Waals surface area contributed by atoms with Crippen LogP contribution in [0.1, 0.15) is 29.4 Å². The highest BCUT2D eigenvalue weighted by atomic mass is 16.1. The predicted octanol–water partition coefficient (Wildman–Crippen LogP) is 4.56. The van der Waals surface area contributed by atoms with E-state index in [4.69, 9.17) is 0 Å². The van der Waals surface area contributed by atoms with Gasteiger partial charge in [-0.2, -0.15) is 0 Å². The largest absolute Gasteiger partial charge is 0.351 e. The van der Waals surface area contributed by atoms with Crippen molar-refractivity contribution in [3.8, 4) is 0 Å². The molecule has 0 aliphatic rings. The molecule has 0 spiro atoms. The number of rotatable bonds is 7. The Labute approximate surface area is 154 Å². The Morgan fingerprint density at radius 1 is 0.962 bits per heavy atom. The SMILES string of the molecule is CCCNC(=O)c1cc(N(Cc2ccccc2)c2ccccc2)ccn1. The third-order valence-electron chi connectivity index (χ3n) is 4.07. The molecule has 1 amide bonds. The fourth-order valence-electron chi connectivity index (χ4n) is 2.75. The summed E-state index contributed by atoms with van der Waals surface area (Å²) in [5, 5.41) is 2.88. The molecular formula is C22H23N3O. The van der Waals surface area contributed by atoms with Crippen molar-refractivity contribution in [1.29, 1.82) is 0 Å². The minimum atomic E-state index is -0.138. The molecule has 26 heavy (non-hydrogen) atoms. The molecule has 2 aromatic carbocycles. The van der Waals surface area contributed by atoms with Gasteiger partial charge in [-0.25, -0.2) is 0 Å². The summed E-state index contributed by atoms with van der Waals surface area (Å²) in [5.74, 6) is -0.138. The van der Waals surface area contributed by atoms with Gasteiger partial charge in [0.2, 0.25) is 0 Å².